The molecule has 6 nitrogen and oxygen atoms in total. The Morgan fingerprint density at radius 1 is 0.962 bits per heavy atom. The quantitative estimate of drug-likeness (QED) is 0.610. The third-order valence-electron chi connectivity index (χ3n) is 3.71. The van der Waals surface area contributed by atoms with Gasteiger partial charge in [0, 0.05) is 12.1 Å². The van der Waals surface area contributed by atoms with Gasteiger partial charge in [-0.15, -0.1) is 0 Å². The van der Waals surface area contributed by atoms with E-state index >= 15 is 0 Å². The van der Waals surface area contributed by atoms with Gasteiger partial charge in [0.1, 0.15) is 22.2 Å². The van der Waals surface area contributed by atoms with Crippen LogP contribution >= 0.6 is 0 Å². The van der Waals surface area contributed by atoms with Crippen molar-refractivity contribution in [1.29, 1.82) is 0 Å². The average Bonchev–Trinajstić information content (AvgIpc) is 3.16. The van der Waals surface area contributed by atoms with Crippen molar-refractivity contribution in [2.24, 2.45) is 0 Å². The number of hydrogen-bond acceptors (Lipinski definition) is 6. The monoisotopic (exact) mass is 373 g/mol. The largest absolute Gasteiger partial charge is 0.497 e. The number of para-hydroxylation sites is 1. The molecule has 3 aromatic rings. The van der Waals surface area contributed by atoms with E-state index in [0.717, 1.165) is 11.3 Å². The van der Waals surface area contributed by atoms with E-state index in [2.05, 4.69) is 5.32 Å². The highest BCUT2D eigenvalue weighted by Crippen LogP contribution is 2.24. The maximum atomic E-state index is 12.5. The van der Waals surface area contributed by atoms with E-state index in [-0.39, 0.29) is 10.6 Å². The van der Waals surface area contributed by atoms with Crippen molar-refractivity contribution in [2.45, 2.75) is 18.0 Å². The summed E-state index contributed by atoms with van der Waals surface area (Å²) in [6.07, 6.45) is 1.61. The molecule has 0 aliphatic rings. The molecular formula is C19H19NO5S. The van der Waals surface area contributed by atoms with E-state index in [4.69, 9.17) is 13.3 Å². The van der Waals surface area contributed by atoms with Crippen LogP contribution in [0, 0.1) is 0 Å². The predicted molar refractivity (Wildman–Crippen MR) is 96.5 cm³/mol. The van der Waals surface area contributed by atoms with Crippen LogP contribution in [0.2, 0.25) is 0 Å². The molecule has 0 aliphatic carbocycles. The molecule has 0 radical (unpaired) electrons. The summed E-state index contributed by atoms with van der Waals surface area (Å²) in [5, 5.41) is 3.20. The van der Waals surface area contributed by atoms with Crippen LogP contribution < -0.4 is 14.2 Å². The lowest BCUT2D eigenvalue weighted by Gasteiger charge is -2.12. The highest BCUT2D eigenvalue weighted by atomic mass is 32.2. The Kier molecular flexibility index (Phi) is 5.60. The van der Waals surface area contributed by atoms with Crippen LogP contribution in [0.5, 0.6) is 11.5 Å². The molecule has 1 N–H and O–H groups in total. The van der Waals surface area contributed by atoms with Crippen LogP contribution in [-0.2, 0) is 23.2 Å². The standard InChI is InChI=1S/C19H19NO5S/c1-23-16-8-10-18(11-9-16)26(21,22)25-19-7-3-2-5-15(19)13-20-14-17-6-4-12-24-17/h2-12,20H,13-14H2,1H3. The van der Waals surface area contributed by atoms with Crippen molar-refractivity contribution >= 4 is 10.1 Å². The van der Waals surface area contributed by atoms with E-state index in [1.807, 2.05) is 24.3 Å². The van der Waals surface area contributed by atoms with Gasteiger partial charge in [-0.1, -0.05) is 18.2 Å². The number of rotatable bonds is 8. The molecule has 0 aliphatic heterocycles. The van der Waals surface area contributed by atoms with E-state index < -0.39 is 10.1 Å². The minimum absolute atomic E-state index is 0.0663. The van der Waals surface area contributed by atoms with Gasteiger partial charge in [-0.2, -0.15) is 8.42 Å². The van der Waals surface area contributed by atoms with Crippen molar-refractivity contribution in [1.82, 2.24) is 5.32 Å². The van der Waals surface area contributed by atoms with Gasteiger partial charge in [0.25, 0.3) is 0 Å². The zero-order chi connectivity index (χ0) is 18.4. The first-order chi connectivity index (χ1) is 12.6. The van der Waals surface area contributed by atoms with Crippen molar-refractivity contribution in [3.63, 3.8) is 0 Å². The van der Waals surface area contributed by atoms with Gasteiger partial charge < -0.3 is 18.7 Å². The molecular weight excluding hydrogens is 354 g/mol. The molecule has 0 saturated carbocycles. The van der Waals surface area contributed by atoms with E-state index in [1.54, 1.807) is 30.5 Å². The van der Waals surface area contributed by atoms with Crippen LogP contribution in [0.25, 0.3) is 0 Å². The van der Waals surface area contributed by atoms with Crippen LogP contribution in [-0.4, -0.2) is 15.5 Å². The normalized spacial score (nSPS) is 11.3. The van der Waals surface area contributed by atoms with Gasteiger partial charge in [-0.05, 0) is 42.5 Å². The molecule has 0 bridgehead atoms. The number of methoxy groups -OCH3 is 1. The van der Waals surface area contributed by atoms with Crippen LogP contribution in [0.15, 0.2) is 76.2 Å². The molecule has 0 unspecified atom stereocenters. The van der Waals surface area contributed by atoms with Gasteiger partial charge in [-0.25, -0.2) is 0 Å². The number of ether oxygens (including phenoxy) is 1. The molecule has 3 rings (SSSR count). The molecule has 2 aromatic carbocycles. The van der Waals surface area contributed by atoms with Crippen LogP contribution in [0.4, 0.5) is 0 Å². The first-order valence-corrected chi connectivity index (χ1v) is 9.39. The van der Waals surface area contributed by atoms with Gasteiger partial charge >= 0.3 is 10.1 Å². The molecule has 1 heterocycles. The Morgan fingerprint density at radius 2 is 1.73 bits per heavy atom. The minimum Gasteiger partial charge on any atom is -0.497 e. The van der Waals surface area contributed by atoms with E-state index in [0.29, 0.717) is 18.8 Å². The number of benzene rings is 2. The highest BCUT2D eigenvalue weighted by Gasteiger charge is 2.18. The van der Waals surface area contributed by atoms with Gasteiger partial charge in [0.2, 0.25) is 0 Å². The first-order valence-electron chi connectivity index (χ1n) is 7.98. The zero-order valence-electron chi connectivity index (χ0n) is 14.2. The van der Waals surface area contributed by atoms with Gasteiger partial charge in [-0.3, -0.25) is 0 Å². The van der Waals surface area contributed by atoms with Crippen molar-refractivity contribution in [2.75, 3.05) is 7.11 Å². The summed E-state index contributed by atoms with van der Waals surface area (Å²) in [5.74, 6) is 1.66. The smallest absolute Gasteiger partial charge is 0.339 e. The second-order valence-corrected chi connectivity index (χ2v) is 7.05. The zero-order valence-corrected chi connectivity index (χ0v) is 15.0. The molecule has 0 amide bonds. The SMILES string of the molecule is COc1ccc(S(=O)(=O)Oc2ccccc2CNCc2ccco2)cc1. The van der Waals surface area contributed by atoms with Gasteiger partial charge in [0.05, 0.1) is 19.9 Å². The van der Waals surface area contributed by atoms with E-state index in [9.17, 15) is 8.42 Å². The summed E-state index contributed by atoms with van der Waals surface area (Å²) in [6.45, 7) is 0.974. The number of furan rings is 1. The lowest BCUT2D eigenvalue weighted by molar-refractivity contribution is 0.414. The average molecular weight is 373 g/mol. The fourth-order valence-corrected chi connectivity index (χ4v) is 3.34. The van der Waals surface area contributed by atoms with Crippen molar-refractivity contribution < 1.29 is 21.8 Å². The Morgan fingerprint density at radius 3 is 2.42 bits per heavy atom. The predicted octanol–water partition coefficient (Wildman–Crippen LogP) is 3.35. The van der Waals surface area contributed by atoms with Gasteiger partial charge in [0.15, 0.2) is 0 Å². The van der Waals surface area contributed by atoms with Crippen molar-refractivity contribution in [3.8, 4) is 11.5 Å². The first kappa shape index (κ1) is 18.0. The molecule has 0 spiro atoms. The second kappa shape index (κ2) is 8.07. The molecule has 136 valence electrons. The van der Waals surface area contributed by atoms with Crippen LogP contribution in [0.3, 0.4) is 0 Å². The topological polar surface area (TPSA) is 77.8 Å². The lowest BCUT2D eigenvalue weighted by Crippen LogP contribution is -2.15. The highest BCUT2D eigenvalue weighted by molar-refractivity contribution is 7.87. The summed E-state index contributed by atoms with van der Waals surface area (Å²) in [4.78, 5) is 0.0663. The van der Waals surface area contributed by atoms with Crippen LogP contribution in [0.1, 0.15) is 11.3 Å². The minimum atomic E-state index is -3.93. The molecule has 0 saturated heterocycles. The summed E-state index contributed by atoms with van der Waals surface area (Å²) in [6, 6.07) is 16.7. The maximum absolute atomic E-state index is 12.5. The Hall–Kier alpha value is -2.77. The fourth-order valence-electron chi connectivity index (χ4n) is 2.37. The molecule has 7 heteroatoms. The second-order valence-electron chi connectivity index (χ2n) is 5.50. The number of hydrogen-bond donors (Lipinski definition) is 1. The summed E-state index contributed by atoms with van der Waals surface area (Å²) < 4.78 is 40.7. The van der Waals surface area contributed by atoms with Crippen molar-refractivity contribution in [3.05, 3.63) is 78.3 Å². The number of nitrogens with one attached hydrogen (secondary N) is 1. The summed E-state index contributed by atoms with van der Waals surface area (Å²) in [5.41, 5.74) is 0.733. The third-order valence-corrected chi connectivity index (χ3v) is 4.96. The lowest BCUT2D eigenvalue weighted by atomic mass is 10.2. The fraction of sp³-hybridized carbons (Fsp3) is 0.158. The molecule has 0 fully saturated rings. The Bertz CT molecular complexity index is 934. The Balaban J connectivity index is 1.72. The molecule has 1 aromatic heterocycles. The van der Waals surface area contributed by atoms with E-state index in [1.165, 1.54) is 19.2 Å². The summed E-state index contributed by atoms with van der Waals surface area (Å²) in [7, 11) is -2.41. The molecule has 26 heavy (non-hydrogen) atoms. The third kappa shape index (κ3) is 4.44. The molecule has 0 atom stereocenters. The summed E-state index contributed by atoms with van der Waals surface area (Å²) >= 11 is 0. The maximum Gasteiger partial charge on any atom is 0.339 e. The Labute approximate surface area is 152 Å².